The normalized spacial score (nSPS) is 11.5. The average molecular weight is 348 g/mol. The standard InChI is InChI=1S/C19H24O4S/c1-4-5-14-22-16-6-10-18(11-7-16)24(20,21)19-12-8-17(9-13-19)23-15(2)3/h6-13,15H,4-5,14H2,1-3H3. The minimum atomic E-state index is -3.54. The van der Waals surface area contributed by atoms with Gasteiger partial charge in [-0.15, -0.1) is 0 Å². The molecule has 0 aliphatic rings. The lowest BCUT2D eigenvalue weighted by molar-refractivity contribution is 0.242. The summed E-state index contributed by atoms with van der Waals surface area (Å²) < 4.78 is 36.4. The fraction of sp³-hybridized carbons (Fsp3) is 0.368. The zero-order chi connectivity index (χ0) is 17.6. The van der Waals surface area contributed by atoms with Gasteiger partial charge >= 0.3 is 0 Å². The second-order valence-corrected chi connectivity index (χ2v) is 7.76. The van der Waals surface area contributed by atoms with Gasteiger partial charge in [0.15, 0.2) is 0 Å². The molecule has 5 heteroatoms. The lowest BCUT2D eigenvalue weighted by atomic mass is 10.3. The Morgan fingerprint density at radius 1 is 0.875 bits per heavy atom. The number of benzene rings is 2. The predicted octanol–water partition coefficient (Wildman–Crippen LogP) is 4.49. The molecule has 0 saturated heterocycles. The van der Waals surface area contributed by atoms with E-state index in [1.54, 1.807) is 48.5 Å². The quantitative estimate of drug-likeness (QED) is 0.660. The molecule has 0 aliphatic heterocycles. The van der Waals surface area contributed by atoms with Crippen molar-refractivity contribution in [1.29, 1.82) is 0 Å². The van der Waals surface area contributed by atoms with Gasteiger partial charge < -0.3 is 9.47 Å². The third kappa shape index (κ3) is 4.74. The fourth-order valence-corrected chi connectivity index (χ4v) is 3.42. The van der Waals surface area contributed by atoms with Crippen molar-refractivity contribution in [1.82, 2.24) is 0 Å². The Balaban J connectivity index is 2.14. The summed E-state index contributed by atoms with van der Waals surface area (Å²) in [5.74, 6) is 1.34. The van der Waals surface area contributed by atoms with Crippen LogP contribution in [0.25, 0.3) is 0 Å². The first kappa shape index (κ1) is 18.3. The van der Waals surface area contributed by atoms with Gasteiger partial charge in [0.05, 0.1) is 22.5 Å². The Morgan fingerprint density at radius 3 is 1.83 bits per heavy atom. The van der Waals surface area contributed by atoms with E-state index in [0.717, 1.165) is 12.8 Å². The smallest absolute Gasteiger partial charge is 0.206 e. The van der Waals surface area contributed by atoms with Crippen LogP contribution in [0.1, 0.15) is 33.6 Å². The molecule has 0 unspecified atom stereocenters. The first-order valence-corrected chi connectivity index (χ1v) is 9.66. The number of unbranched alkanes of at least 4 members (excludes halogenated alkanes) is 1. The summed E-state index contributed by atoms with van der Waals surface area (Å²) in [4.78, 5) is 0.501. The van der Waals surface area contributed by atoms with Crippen LogP contribution in [0.2, 0.25) is 0 Å². The maximum absolute atomic E-state index is 12.7. The number of rotatable bonds is 8. The van der Waals surface area contributed by atoms with Crippen molar-refractivity contribution in [3.05, 3.63) is 48.5 Å². The van der Waals surface area contributed by atoms with Crippen molar-refractivity contribution in [2.24, 2.45) is 0 Å². The van der Waals surface area contributed by atoms with Crippen LogP contribution in [-0.4, -0.2) is 21.1 Å². The first-order valence-electron chi connectivity index (χ1n) is 8.18. The van der Waals surface area contributed by atoms with Gasteiger partial charge in [-0.1, -0.05) is 13.3 Å². The molecule has 2 rings (SSSR count). The van der Waals surface area contributed by atoms with Gasteiger partial charge in [-0.2, -0.15) is 0 Å². The minimum absolute atomic E-state index is 0.0488. The van der Waals surface area contributed by atoms with Crippen LogP contribution in [0.4, 0.5) is 0 Å². The molecule has 0 fully saturated rings. The highest BCUT2D eigenvalue weighted by Crippen LogP contribution is 2.25. The van der Waals surface area contributed by atoms with Crippen LogP contribution in [0, 0.1) is 0 Å². The van der Waals surface area contributed by atoms with Crippen molar-refractivity contribution in [2.45, 2.75) is 49.5 Å². The molecule has 0 aliphatic carbocycles. The molecule has 0 aromatic heterocycles. The summed E-state index contributed by atoms with van der Waals surface area (Å²) in [6.45, 7) is 6.58. The lowest BCUT2D eigenvalue weighted by Crippen LogP contribution is -2.06. The van der Waals surface area contributed by atoms with Gasteiger partial charge in [0.2, 0.25) is 9.84 Å². The summed E-state index contributed by atoms with van der Waals surface area (Å²) >= 11 is 0. The molecular formula is C19H24O4S. The van der Waals surface area contributed by atoms with Gasteiger partial charge in [0, 0.05) is 0 Å². The van der Waals surface area contributed by atoms with Gasteiger partial charge in [0.1, 0.15) is 11.5 Å². The molecule has 0 N–H and O–H groups in total. The molecule has 2 aromatic carbocycles. The summed E-state index contributed by atoms with van der Waals surface area (Å²) in [7, 11) is -3.54. The summed E-state index contributed by atoms with van der Waals surface area (Å²) in [5, 5.41) is 0. The zero-order valence-electron chi connectivity index (χ0n) is 14.4. The molecule has 0 amide bonds. The Labute approximate surface area is 144 Å². The second kappa shape index (κ2) is 8.20. The van der Waals surface area contributed by atoms with E-state index < -0.39 is 9.84 Å². The van der Waals surface area contributed by atoms with E-state index >= 15 is 0 Å². The second-order valence-electron chi connectivity index (χ2n) is 5.81. The van der Waals surface area contributed by atoms with Gasteiger partial charge in [-0.05, 0) is 68.8 Å². The monoisotopic (exact) mass is 348 g/mol. The van der Waals surface area contributed by atoms with Gasteiger partial charge in [0.25, 0.3) is 0 Å². The number of hydrogen-bond donors (Lipinski definition) is 0. The molecular weight excluding hydrogens is 324 g/mol. The topological polar surface area (TPSA) is 52.6 Å². The maximum atomic E-state index is 12.7. The Morgan fingerprint density at radius 2 is 1.38 bits per heavy atom. The molecule has 24 heavy (non-hydrogen) atoms. The van der Waals surface area contributed by atoms with Crippen LogP contribution >= 0.6 is 0 Å². The Hall–Kier alpha value is -2.01. The number of sulfone groups is 1. The molecule has 0 heterocycles. The van der Waals surface area contributed by atoms with Crippen LogP contribution in [0.5, 0.6) is 11.5 Å². The SMILES string of the molecule is CCCCOc1ccc(S(=O)(=O)c2ccc(OC(C)C)cc2)cc1. The lowest BCUT2D eigenvalue weighted by Gasteiger charge is -2.11. The third-order valence-corrected chi connectivity index (χ3v) is 5.19. The van der Waals surface area contributed by atoms with E-state index in [1.165, 1.54) is 0 Å². The van der Waals surface area contributed by atoms with Crippen molar-refractivity contribution in [2.75, 3.05) is 6.61 Å². The van der Waals surface area contributed by atoms with E-state index in [-0.39, 0.29) is 15.9 Å². The van der Waals surface area contributed by atoms with E-state index in [1.807, 2.05) is 13.8 Å². The molecule has 0 radical (unpaired) electrons. The van der Waals surface area contributed by atoms with Crippen molar-refractivity contribution < 1.29 is 17.9 Å². The van der Waals surface area contributed by atoms with Gasteiger partial charge in [-0.25, -0.2) is 8.42 Å². The molecule has 0 spiro atoms. The van der Waals surface area contributed by atoms with Crippen LogP contribution < -0.4 is 9.47 Å². The molecule has 4 nitrogen and oxygen atoms in total. The average Bonchev–Trinajstić information content (AvgIpc) is 2.55. The van der Waals surface area contributed by atoms with Crippen LogP contribution in [0.3, 0.4) is 0 Å². The van der Waals surface area contributed by atoms with Crippen LogP contribution in [-0.2, 0) is 9.84 Å². The summed E-state index contributed by atoms with van der Waals surface area (Å²) in [6, 6.07) is 13.0. The van der Waals surface area contributed by atoms with E-state index in [9.17, 15) is 8.42 Å². The molecule has 0 bridgehead atoms. The highest BCUT2D eigenvalue weighted by atomic mass is 32.2. The first-order chi connectivity index (χ1) is 11.4. The molecule has 0 atom stereocenters. The summed E-state index contributed by atoms with van der Waals surface area (Å²) in [5.41, 5.74) is 0. The highest BCUT2D eigenvalue weighted by Gasteiger charge is 2.17. The zero-order valence-corrected chi connectivity index (χ0v) is 15.2. The summed E-state index contributed by atoms with van der Waals surface area (Å²) in [6.07, 6.45) is 2.08. The molecule has 0 saturated carbocycles. The largest absolute Gasteiger partial charge is 0.494 e. The minimum Gasteiger partial charge on any atom is -0.494 e. The van der Waals surface area contributed by atoms with Crippen LogP contribution in [0.15, 0.2) is 58.3 Å². The predicted molar refractivity (Wildman–Crippen MR) is 94.5 cm³/mol. The highest BCUT2D eigenvalue weighted by molar-refractivity contribution is 7.91. The Bertz CT molecular complexity index is 732. The van der Waals surface area contributed by atoms with Crippen molar-refractivity contribution in [3.63, 3.8) is 0 Å². The van der Waals surface area contributed by atoms with Crippen molar-refractivity contribution >= 4 is 9.84 Å². The molecule has 130 valence electrons. The molecule has 2 aromatic rings. The maximum Gasteiger partial charge on any atom is 0.206 e. The fourth-order valence-electron chi connectivity index (χ4n) is 2.15. The van der Waals surface area contributed by atoms with Crippen molar-refractivity contribution in [3.8, 4) is 11.5 Å². The number of ether oxygens (including phenoxy) is 2. The third-order valence-electron chi connectivity index (χ3n) is 3.41. The van der Waals surface area contributed by atoms with E-state index in [4.69, 9.17) is 9.47 Å². The van der Waals surface area contributed by atoms with Gasteiger partial charge in [-0.3, -0.25) is 0 Å². The number of hydrogen-bond acceptors (Lipinski definition) is 4. The van der Waals surface area contributed by atoms with E-state index in [2.05, 4.69) is 6.92 Å². The Kier molecular flexibility index (Phi) is 6.26. The van der Waals surface area contributed by atoms with E-state index in [0.29, 0.717) is 18.1 Å².